The summed E-state index contributed by atoms with van der Waals surface area (Å²) in [5.74, 6) is -1.74. The Bertz CT molecular complexity index is 301. The van der Waals surface area contributed by atoms with E-state index in [1.807, 2.05) is 0 Å². The summed E-state index contributed by atoms with van der Waals surface area (Å²) in [6.07, 6.45) is 8.59. The molecule has 0 spiro atoms. The smallest absolute Gasteiger partial charge is 0.303 e. The van der Waals surface area contributed by atoms with Crippen LogP contribution in [0.15, 0.2) is 4.99 Å². The first kappa shape index (κ1) is 17.3. The van der Waals surface area contributed by atoms with Gasteiger partial charge >= 0.3 is 11.9 Å². The summed E-state index contributed by atoms with van der Waals surface area (Å²) in [5, 5.41) is 16.3. The Balaban J connectivity index is 0.000000342. The van der Waals surface area contributed by atoms with E-state index < -0.39 is 11.9 Å². The van der Waals surface area contributed by atoms with Crippen molar-refractivity contribution in [2.45, 2.75) is 63.8 Å². The van der Waals surface area contributed by atoms with Gasteiger partial charge in [0.1, 0.15) is 0 Å². The lowest BCUT2D eigenvalue weighted by Gasteiger charge is -2.14. The molecule has 0 aromatic rings. The summed E-state index contributed by atoms with van der Waals surface area (Å²) < 4.78 is 0. The quantitative estimate of drug-likeness (QED) is 0.438. The molecule has 0 aromatic heterocycles. The monoisotopic (exact) mass is 271 g/mol. The molecule has 0 aliphatic heterocycles. The molecule has 0 saturated heterocycles. The van der Waals surface area contributed by atoms with Crippen molar-refractivity contribution in [2.24, 2.45) is 4.99 Å². The standard InChI is InChI=1S/C7H11NO.C6H10O4/c9-6-8-7-4-2-1-3-5-7;7-5(8)3-1-2-4-6(9)10/h7H,1-5H2;1-4H2,(H,7,8)(H,9,10). The predicted octanol–water partition coefficient (Wildman–Crippen LogP) is 2.37. The highest BCUT2D eigenvalue weighted by Crippen LogP contribution is 2.19. The van der Waals surface area contributed by atoms with Crippen LogP contribution in [-0.4, -0.2) is 34.3 Å². The van der Waals surface area contributed by atoms with Gasteiger partial charge in [-0.2, -0.15) is 0 Å². The maximum atomic E-state index is 9.90. The zero-order valence-corrected chi connectivity index (χ0v) is 11.0. The van der Waals surface area contributed by atoms with E-state index in [1.54, 1.807) is 6.08 Å². The van der Waals surface area contributed by atoms with Gasteiger partial charge in [0, 0.05) is 12.8 Å². The van der Waals surface area contributed by atoms with Crippen LogP contribution in [0.2, 0.25) is 0 Å². The molecule has 0 heterocycles. The van der Waals surface area contributed by atoms with Gasteiger partial charge in [-0.25, -0.2) is 9.79 Å². The van der Waals surface area contributed by atoms with E-state index in [-0.39, 0.29) is 12.8 Å². The molecule has 108 valence electrons. The number of carbonyl (C=O) groups excluding carboxylic acids is 1. The van der Waals surface area contributed by atoms with Gasteiger partial charge in [0.2, 0.25) is 6.08 Å². The molecule has 0 unspecified atom stereocenters. The van der Waals surface area contributed by atoms with E-state index in [1.165, 1.54) is 19.3 Å². The molecule has 0 bridgehead atoms. The highest BCUT2D eigenvalue weighted by Gasteiger charge is 2.10. The van der Waals surface area contributed by atoms with Crippen molar-refractivity contribution in [3.05, 3.63) is 0 Å². The van der Waals surface area contributed by atoms with Crippen molar-refractivity contribution < 1.29 is 24.6 Å². The second-order valence-electron chi connectivity index (χ2n) is 4.51. The molecule has 19 heavy (non-hydrogen) atoms. The third-order valence-corrected chi connectivity index (χ3v) is 2.84. The first-order chi connectivity index (χ1) is 9.06. The number of nitrogens with zero attached hydrogens (tertiary/aromatic N) is 1. The molecular formula is C13H21NO5. The molecule has 0 radical (unpaired) electrons. The van der Waals surface area contributed by atoms with E-state index in [0.717, 1.165) is 12.8 Å². The number of carboxylic acids is 2. The fourth-order valence-corrected chi connectivity index (χ4v) is 1.84. The topological polar surface area (TPSA) is 104 Å². The molecule has 6 heteroatoms. The number of rotatable bonds is 6. The Hall–Kier alpha value is -1.68. The Morgan fingerprint density at radius 1 is 1.00 bits per heavy atom. The van der Waals surface area contributed by atoms with Crippen molar-refractivity contribution in [3.63, 3.8) is 0 Å². The fraction of sp³-hybridized carbons (Fsp3) is 0.769. The first-order valence-corrected chi connectivity index (χ1v) is 6.56. The summed E-state index contributed by atoms with van der Waals surface area (Å²) >= 11 is 0. The Morgan fingerprint density at radius 2 is 1.47 bits per heavy atom. The van der Waals surface area contributed by atoms with Gasteiger partial charge in [-0.05, 0) is 25.7 Å². The minimum atomic E-state index is -0.870. The van der Waals surface area contributed by atoms with Crippen LogP contribution in [0.3, 0.4) is 0 Å². The number of carboxylic acid groups (broad SMARTS) is 2. The maximum absolute atomic E-state index is 9.90. The normalized spacial score (nSPS) is 14.7. The molecule has 0 atom stereocenters. The second-order valence-corrected chi connectivity index (χ2v) is 4.51. The van der Waals surface area contributed by atoms with Crippen LogP contribution < -0.4 is 0 Å². The molecule has 1 aliphatic carbocycles. The summed E-state index contributed by atoms with van der Waals surface area (Å²) in [7, 11) is 0. The van der Waals surface area contributed by atoms with Gasteiger partial charge in [-0.3, -0.25) is 9.59 Å². The third kappa shape index (κ3) is 12.6. The molecular weight excluding hydrogens is 250 g/mol. The maximum Gasteiger partial charge on any atom is 0.303 e. The van der Waals surface area contributed by atoms with Gasteiger partial charge < -0.3 is 10.2 Å². The molecule has 1 aliphatic rings. The zero-order valence-electron chi connectivity index (χ0n) is 11.0. The molecule has 0 amide bonds. The van der Waals surface area contributed by atoms with E-state index in [0.29, 0.717) is 18.9 Å². The molecule has 0 aromatic carbocycles. The van der Waals surface area contributed by atoms with Crippen molar-refractivity contribution in [1.82, 2.24) is 0 Å². The van der Waals surface area contributed by atoms with Crippen LogP contribution in [0.5, 0.6) is 0 Å². The van der Waals surface area contributed by atoms with Crippen molar-refractivity contribution in [1.29, 1.82) is 0 Å². The summed E-state index contributed by atoms with van der Waals surface area (Å²) in [5.41, 5.74) is 0. The summed E-state index contributed by atoms with van der Waals surface area (Å²) in [6, 6.07) is 0.302. The lowest BCUT2D eigenvalue weighted by molar-refractivity contribution is -0.139. The SMILES string of the molecule is O=C(O)CCCCC(=O)O.O=C=NC1CCCCC1. The van der Waals surface area contributed by atoms with E-state index in [4.69, 9.17) is 10.2 Å². The number of carbonyl (C=O) groups is 2. The van der Waals surface area contributed by atoms with Gasteiger partial charge in [-0.1, -0.05) is 19.3 Å². The lowest BCUT2D eigenvalue weighted by atomic mass is 9.96. The van der Waals surface area contributed by atoms with Crippen LogP contribution in [-0.2, 0) is 14.4 Å². The van der Waals surface area contributed by atoms with Gasteiger partial charge in [-0.15, -0.1) is 0 Å². The Morgan fingerprint density at radius 3 is 1.84 bits per heavy atom. The molecule has 2 N–H and O–H groups in total. The number of unbranched alkanes of at least 4 members (excludes halogenated alkanes) is 1. The van der Waals surface area contributed by atoms with Crippen molar-refractivity contribution in [2.75, 3.05) is 0 Å². The van der Waals surface area contributed by atoms with Gasteiger partial charge in [0.15, 0.2) is 0 Å². The van der Waals surface area contributed by atoms with Crippen LogP contribution in [0.1, 0.15) is 57.8 Å². The lowest BCUT2D eigenvalue weighted by Crippen LogP contribution is -2.08. The fourth-order valence-electron chi connectivity index (χ4n) is 1.84. The largest absolute Gasteiger partial charge is 0.481 e. The predicted molar refractivity (Wildman–Crippen MR) is 68.7 cm³/mol. The molecule has 1 fully saturated rings. The third-order valence-electron chi connectivity index (χ3n) is 2.84. The average molecular weight is 271 g/mol. The molecule has 1 saturated carbocycles. The highest BCUT2D eigenvalue weighted by molar-refractivity contribution is 5.67. The second kappa shape index (κ2) is 11.4. The number of hydrogen-bond acceptors (Lipinski definition) is 4. The summed E-state index contributed by atoms with van der Waals surface area (Å²) in [6.45, 7) is 0. The molecule has 1 rings (SSSR count). The van der Waals surface area contributed by atoms with Crippen molar-refractivity contribution in [3.8, 4) is 0 Å². The molecule has 6 nitrogen and oxygen atoms in total. The number of hydrogen-bond donors (Lipinski definition) is 2. The van der Waals surface area contributed by atoms with Gasteiger partial charge in [0.05, 0.1) is 6.04 Å². The average Bonchev–Trinajstić information content (AvgIpc) is 2.37. The van der Waals surface area contributed by atoms with Crippen LogP contribution in [0.4, 0.5) is 0 Å². The minimum Gasteiger partial charge on any atom is -0.481 e. The van der Waals surface area contributed by atoms with E-state index in [9.17, 15) is 14.4 Å². The zero-order chi connectivity index (χ0) is 14.5. The Kier molecular flexibility index (Phi) is 10.4. The van der Waals surface area contributed by atoms with Crippen molar-refractivity contribution >= 4 is 18.0 Å². The van der Waals surface area contributed by atoms with Crippen LogP contribution >= 0.6 is 0 Å². The first-order valence-electron chi connectivity index (χ1n) is 6.56. The van der Waals surface area contributed by atoms with Gasteiger partial charge in [0.25, 0.3) is 0 Å². The number of aliphatic imine (C=N–C) groups is 1. The Labute approximate surface area is 112 Å². The van der Waals surface area contributed by atoms with Crippen LogP contribution in [0.25, 0.3) is 0 Å². The highest BCUT2D eigenvalue weighted by atomic mass is 16.4. The summed E-state index contributed by atoms with van der Waals surface area (Å²) in [4.78, 5) is 33.3. The number of isocyanates is 1. The number of aliphatic carboxylic acids is 2. The minimum absolute atomic E-state index is 0.0628. The van der Waals surface area contributed by atoms with E-state index >= 15 is 0 Å². The van der Waals surface area contributed by atoms with Crippen LogP contribution in [0, 0.1) is 0 Å². The van der Waals surface area contributed by atoms with E-state index in [2.05, 4.69) is 4.99 Å².